The Hall–Kier alpha value is -1.00. The number of nitrogens with two attached hydrogens (primary N) is 2. The van der Waals surface area contributed by atoms with Crippen LogP contribution in [-0.2, 0) is 10.3 Å². The second-order valence-corrected chi connectivity index (χ2v) is 7.33. The Kier molecular flexibility index (Phi) is 4.82. The Morgan fingerprint density at radius 2 is 1.78 bits per heavy atom. The van der Waals surface area contributed by atoms with E-state index in [1.54, 1.807) is 11.8 Å². The molecule has 1 atom stereocenters. The average Bonchev–Trinajstić information content (AvgIpc) is 2.28. The average molecular weight is 266 g/mol. The lowest BCUT2D eigenvalue weighted by atomic mass is 9.88. The molecule has 0 heterocycles. The summed E-state index contributed by atoms with van der Waals surface area (Å²) in [5.41, 5.74) is 11.4. The predicted molar refractivity (Wildman–Crippen MR) is 78.3 cm³/mol. The molecule has 0 fully saturated rings. The number of benzene rings is 1. The third kappa shape index (κ3) is 4.03. The molecule has 3 nitrogen and oxygen atoms in total. The van der Waals surface area contributed by atoms with Gasteiger partial charge in [0.2, 0.25) is 5.91 Å². The lowest BCUT2D eigenvalue weighted by Gasteiger charge is -2.28. The zero-order chi connectivity index (χ0) is 13.8. The number of rotatable bonds is 5. The fourth-order valence-electron chi connectivity index (χ4n) is 1.66. The zero-order valence-corrected chi connectivity index (χ0v) is 12.1. The molecule has 0 aliphatic rings. The molecule has 0 aliphatic heterocycles. The lowest BCUT2D eigenvalue weighted by molar-refractivity contribution is -0.123. The van der Waals surface area contributed by atoms with Crippen LogP contribution in [0, 0.1) is 0 Å². The number of hydrogen-bond donors (Lipinski definition) is 2. The molecule has 1 amide bonds. The van der Waals surface area contributed by atoms with Crippen molar-refractivity contribution in [3.8, 4) is 0 Å². The molecular formula is C14H22N2OS. The number of primary amides is 1. The molecule has 0 saturated heterocycles. The van der Waals surface area contributed by atoms with Crippen molar-refractivity contribution in [2.45, 2.75) is 37.5 Å². The first-order chi connectivity index (χ1) is 8.26. The molecule has 0 saturated carbocycles. The van der Waals surface area contributed by atoms with Gasteiger partial charge in [0.05, 0.1) is 0 Å². The van der Waals surface area contributed by atoms with Crippen molar-refractivity contribution in [2.24, 2.45) is 11.5 Å². The first kappa shape index (κ1) is 15.1. The smallest absolute Gasteiger partial charge is 0.242 e. The Morgan fingerprint density at radius 3 is 2.22 bits per heavy atom. The van der Waals surface area contributed by atoms with Crippen LogP contribution in [0.25, 0.3) is 0 Å². The Balaban J connectivity index is 2.80. The van der Waals surface area contributed by atoms with Gasteiger partial charge in [0.25, 0.3) is 0 Å². The highest BCUT2D eigenvalue weighted by molar-refractivity contribution is 8.00. The SMILES string of the molecule is CC(C)(C)SCCC(N)(C(N)=O)c1ccccc1. The maximum absolute atomic E-state index is 11.7. The highest BCUT2D eigenvalue weighted by Crippen LogP contribution is 2.29. The molecule has 0 spiro atoms. The van der Waals surface area contributed by atoms with Crippen molar-refractivity contribution < 1.29 is 4.79 Å². The monoisotopic (exact) mass is 266 g/mol. The van der Waals surface area contributed by atoms with Crippen molar-refractivity contribution in [2.75, 3.05) is 5.75 Å². The summed E-state index contributed by atoms with van der Waals surface area (Å²) in [7, 11) is 0. The second kappa shape index (κ2) is 5.76. The van der Waals surface area contributed by atoms with E-state index in [0.717, 1.165) is 11.3 Å². The van der Waals surface area contributed by atoms with Crippen molar-refractivity contribution in [3.63, 3.8) is 0 Å². The fraction of sp³-hybridized carbons (Fsp3) is 0.500. The number of carbonyl (C=O) groups is 1. The molecule has 100 valence electrons. The quantitative estimate of drug-likeness (QED) is 0.859. The van der Waals surface area contributed by atoms with E-state index in [0.29, 0.717) is 6.42 Å². The van der Waals surface area contributed by atoms with E-state index in [1.807, 2.05) is 30.3 Å². The van der Waals surface area contributed by atoms with Gasteiger partial charge in [0.15, 0.2) is 0 Å². The van der Waals surface area contributed by atoms with Gasteiger partial charge in [-0.3, -0.25) is 4.79 Å². The van der Waals surface area contributed by atoms with Gasteiger partial charge in [0.1, 0.15) is 5.54 Å². The number of hydrogen-bond acceptors (Lipinski definition) is 3. The summed E-state index contributed by atoms with van der Waals surface area (Å²) < 4.78 is 0.162. The number of carbonyl (C=O) groups excluding carboxylic acids is 1. The van der Waals surface area contributed by atoms with E-state index in [9.17, 15) is 4.79 Å². The third-order valence-electron chi connectivity index (χ3n) is 2.76. The van der Waals surface area contributed by atoms with Gasteiger partial charge in [-0.1, -0.05) is 51.1 Å². The van der Waals surface area contributed by atoms with E-state index < -0.39 is 11.4 Å². The van der Waals surface area contributed by atoms with Crippen LogP contribution in [0.5, 0.6) is 0 Å². The molecule has 0 aromatic heterocycles. The van der Waals surface area contributed by atoms with Gasteiger partial charge in [-0.2, -0.15) is 11.8 Å². The molecule has 0 aliphatic carbocycles. The van der Waals surface area contributed by atoms with Crippen LogP contribution in [0.15, 0.2) is 30.3 Å². The topological polar surface area (TPSA) is 69.1 Å². The number of amides is 1. The second-order valence-electron chi connectivity index (χ2n) is 5.41. The minimum atomic E-state index is -1.07. The van der Waals surface area contributed by atoms with Crippen LogP contribution in [0.1, 0.15) is 32.8 Å². The van der Waals surface area contributed by atoms with E-state index >= 15 is 0 Å². The van der Waals surface area contributed by atoms with Crippen LogP contribution >= 0.6 is 11.8 Å². The lowest BCUT2D eigenvalue weighted by Crippen LogP contribution is -2.49. The Labute approximate surface area is 113 Å². The largest absolute Gasteiger partial charge is 0.368 e. The summed E-state index contributed by atoms with van der Waals surface area (Å²) in [5.74, 6) is 0.334. The zero-order valence-electron chi connectivity index (χ0n) is 11.3. The van der Waals surface area contributed by atoms with Gasteiger partial charge in [0, 0.05) is 4.75 Å². The molecule has 4 N–H and O–H groups in total. The van der Waals surface area contributed by atoms with Crippen molar-refractivity contribution >= 4 is 17.7 Å². The molecular weight excluding hydrogens is 244 g/mol. The molecule has 18 heavy (non-hydrogen) atoms. The van der Waals surface area contributed by atoms with Crippen LogP contribution in [0.3, 0.4) is 0 Å². The molecule has 1 rings (SSSR count). The fourth-order valence-corrected chi connectivity index (χ4v) is 2.70. The minimum absolute atomic E-state index is 0.162. The van der Waals surface area contributed by atoms with Crippen molar-refractivity contribution in [1.29, 1.82) is 0 Å². The van der Waals surface area contributed by atoms with Gasteiger partial charge < -0.3 is 11.5 Å². The summed E-state index contributed by atoms with van der Waals surface area (Å²) in [6.45, 7) is 6.42. The third-order valence-corrected chi connectivity index (χ3v) is 4.03. The maximum Gasteiger partial charge on any atom is 0.242 e. The molecule has 1 aromatic carbocycles. The van der Waals surface area contributed by atoms with Crippen LogP contribution in [0.2, 0.25) is 0 Å². The summed E-state index contributed by atoms with van der Waals surface area (Å²) >= 11 is 1.78. The van der Waals surface area contributed by atoms with E-state index in [-0.39, 0.29) is 4.75 Å². The van der Waals surface area contributed by atoms with Gasteiger partial charge >= 0.3 is 0 Å². The number of thioether (sulfide) groups is 1. The van der Waals surface area contributed by atoms with Gasteiger partial charge in [-0.15, -0.1) is 0 Å². The van der Waals surface area contributed by atoms with Crippen LogP contribution in [-0.4, -0.2) is 16.4 Å². The molecule has 1 unspecified atom stereocenters. The summed E-state index contributed by atoms with van der Waals surface area (Å²) in [4.78, 5) is 11.7. The normalized spacial score (nSPS) is 15.1. The van der Waals surface area contributed by atoms with E-state index in [4.69, 9.17) is 11.5 Å². The molecule has 0 bridgehead atoms. The Morgan fingerprint density at radius 1 is 1.22 bits per heavy atom. The highest BCUT2D eigenvalue weighted by atomic mass is 32.2. The standard InChI is InChI=1S/C14H22N2OS/c1-13(2,3)18-10-9-14(16,12(15)17)11-7-5-4-6-8-11/h4-8H,9-10,16H2,1-3H3,(H2,15,17). The van der Waals surface area contributed by atoms with Crippen LogP contribution in [0.4, 0.5) is 0 Å². The summed E-state index contributed by atoms with van der Waals surface area (Å²) in [5, 5.41) is 0. The van der Waals surface area contributed by atoms with Crippen LogP contribution < -0.4 is 11.5 Å². The van der Waals surface area contributed by atoms with Gasteiger partial charge in [-0.25, -0.2) is 0 Å². The van der Waals surface area contributed by atoms with E-state index in [1.165, 1.54) is 0 Å². The first-order valence-electron chi connectivity index (χ1n) is 6.04. The maximum atomic E-state index is 11.7. The van der Waals surface area contributed by atoms with Gasteiger partial charge in [-0.05, 0) is 17.7 Å². The molecule has 1 aromatic rings. The highest BCUT2D eigenvalue weighted by Gasteiger charge is 2.33. The van der Waals surface area contributed by atoms with Crippen molar-refractivity contribution in [1.82, 2.24) is 0 Å². The predicted octanol–water partition coefficient (Wildman–Crippen LogP) is 2.25. The summed E-state index contributed by atoms with van der Waals surface area (Å²) in [6.07, 6.45) is 0.550. The minimum Gasteiger partial charge on any atom is -0.368 e. The van der Waals surface area contributed by atoms with E-state index in [2.05, 4.69) is 20.8 Å². The molecule has 4 heteroatoms. The summed E-state index contributed by atoms with van der Waals surface area (Å²) in [6, 6.07) is 9.35. The first-order valence-corrected chi connectivity index (χ1v) is 7.02. The molecule has 0 radical (unpaired) electrons. The van der Waals surface area contributed by atoms with Crippen molar-refractivity contribution in [3.05, 3.63) is 35.9 Å². The Bertz CT molecular complexity index is 400.